The third-order valence-electron chi connectivity index (χ3n) is 9.52. The molecule has 0 saturated carbocycles. The van der Waals surface area contributed by atoms with Gasteiger partial charge in [0.05, 0.1) is 11.8 Å². The van der Waals surface area contributed by atoms with E-state index in [1.807, 2.05) is 60.7 Å². The minimum Gasteiger partial charge on any atom is -0.501 e. The van der Waals surface area contributed by atoms with Crippen molar-refractivity contribution in [3.05, 3.63) is 184 Å². The molecule has 7 nitrogen and oxygen atoms in total. The Bertz CT molecular complexity index is 2360. The number of benzene rings is 5. The number of para-hydroxylation sites is 6. The molecule has 0 spiro atoms. The number of anilines is 6. The molecule has 3 aromatic heterocycles. The molecule has 5 heterocycles. The van der Waals surface area contributed by atoms with Crippen molar-refractivity contribution in [2.45, 2.75) is 12.8 Å². The van der Waals surface area contributed by atoms with Crippen LogP contribution in [0.15, 0.2) is 156 Å². The van der Waals surface area contributed by atoms with Crippen molar-refractivity contribution in [2.75, 3.05) is 32.7 Å². The first-order chi connectivity index (χ1) is 26.3. The van der Waals surface area contributed by atoms with Crippen molar-refractivity contribution in [3.63, 3.8) is 0 Å². The Morgan fingerprint density at radius 2 is 1.15 bits per heavy atom. The summed E-state index contributed by atoms with van der Waals surface area (Å²) in [7, 11) is 0. The van der Waals surface area contributed by atoms with Crippen LogP contribution in [0.3, 0.4) is 0 Å². The first-order valence-electron chi connectivity index (χ1n) is 17.8. The molecule has 2 aliphatic heterocycles. The Morgan fingerprint density at radius 1 is 0.556 bits per heavy atom. The van der Waals surface area contributed by atoms with Crippen LogP contribution in [0, 0.1) is 31.5 Å². The number of nitrogens with zero attached hydrogens (tertiary/aromatic N) is 6. The van der Waals surface area contributed by atoms with Gasteiger partial charge >= 0.3 is 0 Å². The summed E-state index contributed by atoms with van der Waals surface area (Å²) < 4.78 is 5.90. The summed E-state index contributed by atoms with van der Waals surface area (Å²) in [5.41, 5.74) is 10.4. The average molecular weight is 880 g/mol. The smallest absolute Gasteiger partial charge is 0.139 e. The van der Waals surface area contributed by atoms with Gasteiger partial charge in [-0.05, 0) is 68.0 Å². The van der Waals surface area contributed by atoms with Gasteiger partial charge in [0.25, 0.3) is 0 Å². The quantitative estimate of drug-likeness (QED) is 0.111. The number of hydrogen-bond donors (Lipinski definition) is 0. The Hall–Kier alpha value is -5.95. The standard InChI is InChI=1S/C30H26N4.C16H9N2O.Ir/c1-3-13-25(14-4-1)33-23-31(27-17-7-9-19-29(27)33)21-11-12-22-32-24-34(26-15-5-2-6-16-26)30-20-10-8-18-28(30)32;1-2-8-18-14(6-1)13-5-3-4-12-11-7-9-17-10-15(11)19-16(12)13;/h1-10,13,15,17-20,23-24H,11-12,21-22H2;1-4,6-10H;/q-4;-1;. The molecular formula is C46H35IrN6O-5. The fourth-order valence-electron chi connectivity index (χ4n) is 7.02. The fourth-order valence-corrected chi connectivity index (χ4v) is 7.02. The maximum absolute atomic E-state index is 5.90. The second-order valence-corrected chi connectivity index (χ2v) is 12.8. The van der Waals surface area contributed by atoms with Crippen molar-refractivity contribution >= 4 is 56.1 Å². The summed E-state index contributed by atoms with van der Waals surface area (Å²) >= 11 is 0. The van der Waals surface area contributed by atoms with E-state index >= 15 is 0 Å². The van der Waals surface area contributed by atoms with Crippen LogP contribution in [0.4, 0.5) is 34.1 Å². The molecule has 0 bridgehead atoms. The molecule has 2 aliphatic rings. The van der Waals surface area contributed by atoms with Gasteiger partial charge in [0.1, 0.15) is 5.58 Å². The molecule has 0 atom stereocenters. The van der Waals surface area contributed by atoms with Crippen molar-refractivity contribution < 1.29 is 24.5 Å². The predicted octanol–water partition coefficient (Wildman–Crippen LogP) is 10.8. The third-order valence-corrected chi connectivity index (χ3v) is 9.52. The van der Waals surface area contributed by atoms with Gasteiger partial charge in [0.2, 0.25) is 0 Å². The summed E-state index contributed by atoms with van der Waals surface area (Å²) in [5.74, 6) is 0. The van der Waals surface area contributed by atoms with Gasteiger partial charge in [0, 0.05) is 60.6 Å². The monoisotopic (exact) mass is 880 g/mol. The summed E-state index contributed by atoms with van der Waals surface area (Å²) in [6.45, 7) is 6.37. The first-order valence-corrected chi connectivity index (χ1v) is 17.8. The molecule has 0 saturated heterocycles. The summed E-state index contributed by atoms with van der Waals surface area (Å²) in [6, 6.07) is 55.1. The Labute approximate surface area is 329 Å². The predicted molar refractivity (Wildman–Crippen MR) is 214 cm³/mol. The van der Waals surface area contributed by atoms with Crippen LogP contribution in [0.1, 0.15) is 12.8 Å². The molecule has 269 valence electrons. The van der Waals surface area contributed by atoms with E-state index in [-0.39, 0.29) is 20.1 Å². The molecule has 0 unspecified atom stereocenters. The maximum atomic E-state index is 5.90. The van der Waals surface area contributed by atoms with Crippen LogP contribution in [0.5, 0.6) is 0 Å². The molecule has 8 aromatic rings. The van der Waals surface area contributed by atoms with Crippen LogP contribution >= 0.6 is 0 Å². The van der Waals surface area contributed by atoms with Gasteiger partial charge < -0.3 is 29.0 Å². The summed E-state index contributed by atoms with van der Waals surface area (Å²) in [5, 5.41) is 2.13. The molecular weight excluding hydrogens is 845 g/mol. The minimum absolute atomic E-state index is 0. The number of pyridine rings is 2. The maximum Gasteiger partial charge on any atom is 0.139 e. The van der Waals surface area contributed by atoms with Crippen LogP contribution < -0.4 is 19.6 Å². The minimum atomic E-state index is 0. The van der Waals surface area contributed by atoms with Crippen LogP contribution in [-0.4, -0.2) is 23.1 Å². The fraction of sp³-hybridized carbons (Fsp3) is 0.0870. The Morgan fingerprint density at radius 3 is 1.72 bits per heavy atom. The molecule has 1 radical (unpaired) electrons. The van der Waals surface area contributed by atoms with E-state index in [1.165, 1.54) is 22.7 Å². The van der Waals surface area contributed by atoms with E-state index < -0.39 is 0 Å². The Kier molecular flexibility index (Phi) is 10.4. The second kappa shape index (κ2) is 16.0. The summed E-state index contributed by atoms with van der Waals surface area (Å²) in [4.78, 5) is 17.6. The number of fused-ring (bicyclic) bond motifs is 5. The van der Waals surface area contributed by atoms with E-state index in [9.17, 15) is 0 Å². The van der Waals surface area contributed by atoms with Gasteiger partial charge in [-0.15, -0.1) is 29.6 Å². The van der Waals surface area contributed by atoms with Gasteiger partial charge in [-0.2, -0.15) is 74.0 Å². The molecule has 0 aliphatic carbocycles. The second-order valence-electron chi connectivity index (χ2n) is 12.8. The molecule has 0 amide bonds. The molecule has 0 fully saturated rings. The zero-order valence-electron chi connectivity index (χ0n) is 29.3. The van der Waals surface area contributed by atoms with Gasteiger partial charge in [-0.1, -0.05) is 47.3 Å². The third kappa shape index (κ3) is 6.94. The van der Waals surface area contributed by atoms with Crippen LogP contribution in [-0.2, 0) is 20.1 Å². The number of aromatic nitrogens is 2. The SMILES string of the molecule is [Ir].[c-]1ccc2c(oc3cnccc32)c1-c1ccccn1.[c-]1ccccc1N1[CH-]N(CCCCN2[CH-]N(c3[c-]cccc3)c3ccccc32)c2ccccc21. The number of hydrogen-bond acceptors (Lipinski definition) is 7. The zero-order valence-corrected chi connectivity index (χ0v) is 31.7. The topological polar surface area (TPSA) is 51.9 Å². The number of unbranched alkanes of at least 4 members (excludes halogenated alkanes) is 1. The first kappa shape index (κ1) is 35.1. The molecule has 5 aromatic carbocycles. The largest absolute Gasteiger partial charge is 0.501 e. The van der Waals surface area contributed by atoms with Crippen LogP contribution in [0.25, 0.3) is 33.2 Å². The van der Waals surface area contributed by atoms with Gasteiger partial charge in [-0.25, -0.2) is 0 Å². The van der Waals surface area contributed by atoms with E-state index in [1.54, 1.807) is 18.6 Å². The van der Waals surface area contributed by atoms with Crippen molar-refractivity contribution in [3.8, 4) is 11.3 Å². The van der Waals surface area contributed by atoms with Gasteiger partial charge in [0.15, 0.2) is 0 Å². The van der Waals surface area contributed by atoms with Gasteiger partial charge in [-0.3, -0.25) is 4.98 Å². The van der Waals surface area contributed by atoms with E-state index in [4.69, 9.17) is 4.42 Å². The average Bonchev–Trinajstić information content (AvgIpc) is 3.93. The molecule has 10 rings (SSSR count). The number of furan rings is 1. The molecule has 8 heteroatoms. The normalized spacial score (nSPS) is 13.0. The van der Waals surface area contributed by atoms with Crippen molar-refractivity contribution in [2.24, 2.45) is 0 Å². The van der Waals surface area contributed by atoms with E-state index in [0.717, 1.165) is 70.5 Å². The summed E-state index contributed by atoms with van der Waals surface area (Å²) in [6.07, 6.45) is 7.47. The van der Waals surface area contributed by atoms with E-state index in [0.29, 0.717) is 0 Å². The van der Waals surface area contributed by atoms with Crippen LogP contribution in [0.2, 0.25) is 0 Å². The van der Waals surface area contributed by atoms with Crippen molar-refractivity contribution in [1.29, 1.82) is 0 Å². The number of rotatable bonds is 8. The molecule has 0 N–H and O–H groups in total. The van der Waals surface area contributed by atoms with Crippen molar-refractivity contribution in [1.82, 2.24) is 9.97 Å². The molecule has 54 heavy (non-hydrogen) atoms. The zero-order chi connectivity index (χ0) is 35.4. The Balaban J connectivity index is 0.000000175. The van der Waals surface area contributed by atoms with E-state index in [2.05, 4.69) is 134 Å².